The fourth-order valence-corrected chi connectivity index (χ4v) is 2.34. The number of carbonyl (C=O) groups excluding carboxylic acids is 1. The lowest BCUT2D eigenvalue weighted by Gasteiger charge is -2.08. The van der Waals surface area contributed by atoms with Crippen molar-refractivity contribution in [3.63, 3.8) is 0 Å². The summed E-state index contributed by atoms with van der Waals surface area (Å²) in [6.07, 6.45) is 1.54. The van der Waals surface area contributed by atoms with Crippen LogP contribution < -0.4 is 11.1 Å². The van der Waals surface area contributed by atoms with Crippen LogP contribution in [0.4, 0.5) is 11.4 Å². The SMILES string of the molecule is Nc1ccc(Cl)cc1NC(=O)CSc1ccc(Cl)cn1. The lowest BCUT2D eigenvalue weighted by atomic mass is 10.2. The second-order valence-corrected chi connectivity index (χ2v) is 5.75. The molecule has 0 aliphatic carbocycles. The summed E-state index contributed by atoms with van der Waals surface area (Å²) in [6, 6.07) is 8.41. The summed E-state index contributed by atoms with van der Waals surface area (Å²) in [7, 11) is 0. The molecule has 2 rings (SSSR count). The van der Waals surface area contributed by atoms with E-state index in [1.54, 1.807) is 30.3 Å². The van der Waals surface area contributed by atoms with Gasteiger partial charge in [-0.2, -0.15) is 0 Å². The molecule has 0 radical (unpaired) electrons. The van der Waals surface area contributed by atoms with Crippen molar-refractivity contribution in [2.75, 3.05) is 16.8 Å². The third-order valence-corrected chi connectivity index (χ3v) is 3.74. The topological polar surface area (TPSA) is 68.0 Å². The molecule has 4 nitrogen and oxygen atoms in total. The van der Waals surface area contributed by atoms with E-state index < -0.39 is 0 Å². The molecule has 1 aromatic carbocycles. The smallest absolute Gasteiger partial charge is 0.234 e. The Labute approximate surface area is 130 Å². The van der Waals surface area contributed by atoms with Crippen LogP contribution in [0.3, 0.4) is 0 Å². The zero-order valence-corrected chi connectivity index (χ0v) is 12.6. The van der Waals surface area contributed by atoms with Crippen molar-refractivity contribution < 1.29 is 4.79 Å². The normalized spacial score (nSPS) is 10.3. The lowest BCUT2D eigenvalue weighted by molar-refractivity contribution is -0.113. The number of pyridine rings is 1. The van der Waals surface area contributed by atoms with Crippen LogP contribution in [0.25, 0.3) is 0 Å². The number of nitrogens with two attached hydrogens (primary N) is 1. The van der Waals surface area contributed by atoms with E-state index in [2.05, 4.69) is 10.3 Å². The van der Waals surface area contributed by atoms with Crippen LogP contribution in [0.2, 0.25) is 10.0 Å². The highest BCUT2D eigenvalue weighted by Crippen LogP contribution is 2.23. The predicted octanol–water partition coefficient (Wildman–Crippen LogP) is 3.70. The highest BCUT2D eigenvalue weighted by molar-refractivity contribution is 7.99. The number of hydrogen-bond acceptors (Lipinski definition) is 4. The van der Waals surface area contributed by atoms with E-state index >= 15 is 0 Å². The number of halogens is 2. The van der Waals surface area contributed by atoms with Gasteiger partial charge in [-0.1, -0.05) is 35.0 Å². The molecular weight excluding hydrogens is 317 g/mol. The number of nitrogens with zero attached hydrogens (tertiary/aromatic N) is 1. The monoisotopic (exact) mass is 327 g/mol. The second-order valence-electron chi connectivity index (χ2n) is 3.88. The van der Waals surface area contributed by atoms with Gasteiger partial charge in [0.2, 0.25) is 5.91 Å². The maximum atomic E-state index is 11.8. The van der Waals surface area contributed by atoms with E-state index in [9.17, 15) is 4.79 Å². The molecule has 1 amide bonds. The van der Waals surface area contributed by atoms with Crippen LogP contribution in [-0.4, -0.2) is 16.6 Å². The molecule has 0 saturated carbocycles. The van der Waals surface area contributed by atoms with Gasteiger partial charge in [-0.15, -0.1) is 0 Å². The Morgan fingerprint density at radius 3 is 2.70 bits per heavy atom. The van der Waals surface area contributed by atoms with Crippen molar-refractivity contribution in [1.29, 1.82) is 0 Å². The largest absolute Gasteiger partial charge is 0.397 e. The first-order valence-corrected chi connectivity index (χ1v) is 7.38. The molecule has 104 valence electrons. The first-order chi connectivity index (χ1) is 9.54. The number of anilines is 2. The van der Waals surface area contributed by atoms with Crippen molar-refractivity contribution in [3.05, 3.63) is 46.6 Å². The van der Waals surface area contributed by atoms with E-state index in [1.807, 2.05) is 0 Å². The van der Waals surface area contributed by atoms with Gasteiger partial charge < -0.3 is 11.1 Å². The summed E-state index contributed by atoms with van der Waals surface area (Å²) in [5.74, 6) is 0.0429. The number of amides is 1. The van der Waals surface area contributed by atoms with Crippen LogP contribution in [0.1, 0.15) is 0 Å². The van der Waals surface area contributed by atoms with Crippen molar-refractivity contribution >= 4 is 52.2 Å². The van der Waals surface area contributed by atoms with E-state index in [4.69, 9.17) is 28.9 Å². The van der Waals surface area contributed by atoms with Gasteiger partial charge in [0.05, 0.1) is 27.2 Å². The van der Waals surface area contributed by atoms with Crippen LogP contribution in [-0.2, 0) is 4.79 Å². The Bertz CT molecular complexity index is 620. The number of hydrogen-bond donors (Lipinski definition) is 2. The average Bonchev–Trinajstić information content (AvgIpc) is 2.42. The van der Waals surface area contributed by atoms with E-state index in [0.29, 0.717) is 21.4 Å². The Balaban J connectivity index is 1.92. The molecule has 20 heavy (non-hydrogen) atoms. The Hall–Kier alpha value is -1.43. The first-order valence-electron chi connectivity index (χ1n) is 5.64. The van der Waals surface area contributed by atoms with Gasteiger partial charge in [0.1, 0.15) is 0 Å². The Morgan fingerprint density at radius 1 is 1.25 bits per heavy atom. The fourth-order valence-electron chi connectivity index (χ4n) is 1.41. The number of nitrogens with one attached hydrogen (secondary N) is 1. The molecule has 3 N–H and O–H groups in total. The predicted molar refractivity (Wildman–Crippen MR) is 84.5 cm³/mol. The van der Waals surface area contributed by atoms with E-state index in [-0.39, 0.29) is 11.7 Å². The van der Waals surface area contributed by atoms with Gasteiger partial charge in [-0.25, -0.2) is 4.98 Å². The molecular formula is C13H11Cl2N3OS. The Morgan fingerprint density at radius 2 is 2.00 bits per heavy atom. The molecule has 0 unspecified atom stereocenters. The minimum Gasteiger partial charge on any atom is -0.397 e. The summed E-state index contributed by atoms with van der Waals surface area (Å²) in [5.41, 5.74) is 6.73. The summed E-state index contributed by atoms with van der Waals surface area (Å²) in [6.45, 7) is 0. The van der Waals surface area contributed by atoms with Gasteiger partial charge in [-0.3, -0.25) is 4.79 Å². The highest BCUT2D eigenvalue weighted by Gasteiger charge is 2.07. The van der Waals surface area contributed by atoms with E-state index in [0.717, 1.165) is 5.03 Å². The van der Waals surface area contributed by atoms with E-state index in [1.165, 1.54) is 18.0 Å². The third kappa shape index (κ3) is 4.30. The molecule has 0 fully saturated rings. The van der Waals surface area contributed by atoms with Crippen molar-refractivity contribution in [1.82, 2.24) is 4.98 Å². The molecule has 0 saturated heterocycles. The molecule has 0 bridgehead atoms. The highest BCUT2D eigenvalue weighted by atomic mass is 35.5. The second kappa shape index (κ2) is 6.83. The molecule has 0 spiro atoms. The standard InChI is InChI=1S/C13H11Cl2N3OS/c14-8-1-3-10(16)11(5-8)18-12(19)7-20-13-4-2-9(15)6-17-13/h1-6H,7,16H2,(H,18,19). The zero-order chi connectivity index (χ0) is 14.5. The quantitative estimate of drug-likeness (QED) is 0.663. The van der Waals surface area contributed by atoms with Crippen LogP contribution in [0, 0.1) is 0 Å². The summed E-state index contributed by atoms with van der Waals surface area (Å²) >= 11 is 12.9. The molecule has 0 aliphatic heterocycles. The van der Waals surface area contributed by atoms with Crippen molar-refractivity contribution in [2.45, 2.75) is 5.03 Å². The van der Waals surface area contributed by atoms with Crippen molar-refractivity contribution in [2.24, 2.45) is 0 Å². The first kappa shape index (κ1) is 15.0. The van der Waals surface area contributed by atoms with Gasteiger partial charge in [0, 0.05) is 11.2 Å². The molecule has 0 aliphatic rings. The molecule has 7 heteroatoms. The number of rotatable bonds is 4. The molecule has 2 aromatic rings. The number of benzene rings is 1. The number of thioether (sulfide) groups is 1. The van der Waals surface area contributed by atoms with Gasteiger partial charge in [0.25, 0.3) is 0 Å². The summed E-state index contributed by atoms with van der Waals surface area (Å²) in [4.78, 5) is 15.9. The number of carbonyl (C=O) groups is 1. The van der Waals surface area contributed by atoms with Gasteiger partial charge in [-0.05, 0) is 30.3 Å². The summed E-state index contributed by atoms with van der Waals surface area (Å²) < 4.78 is 0. The van der Waals surface area contributed by atoms with Crippen molar-refractivity contribution in [3.8, 4) is 0 Å². The minimum absolute atomic E-state index is 0.180. The van der Waals surface area contributed by atoms with Gasteiger partial charge >= 0.3 is 0 Å². The fraction of sp³-hybridized carbons (Fsp3) is 0.0769. The number of aromatic nitrogens is 1. The average molecular weight is 328 g/mol. The van der Waals surface area contributed by atoms with Crippen LogP contribution in [0.15, 0.2) is 41.6 Å². The maximum absolute atomic E-state index is 11.8. The molecule has 1 aromatic heterocycles. The van der Waals surface area contributed by atoms with Crippen LogP contribution >= 0.6 is 35.0 Å². The minimum atomic E-state index is -0.180. The third-order valence-electron chi connectivity index (χ3n) is 2.34. The Kier molecular flexibility index (Phi) is 5.11. The summed E-state index contributed by atoms with van der Waals surface area (Å²) in [5, 5.41) is 4.51. The van der Waals surface area contributed by atoms with Gasteiger partial charge in [0.15, 0.2) is 0 Å². The van der Waals surface area contributed by atoms with Crippen LogP contribution in [0.5, 0.6) is 0 Å². The zero-order valence-electron chi connectivity index (χ0n) is 10.3. The molecule has 1 heterocycles. The molecule has 0 atom stereocenters. The number of nitrogen functional groups attached to an aromatic ring is 1. The lowest BCUT2D eigenvalue weighted by Crippen LogP contribution is -2.15. The maximum Gasteiger partial charge on any atom is 0.234 e.